The van der Waals surface area contributed by atoms with Crippen LogP contribution in [0.15, 0.2) is 18.2 Å². The highest BCUT2D eigenvalue weighted by atomic mass is 32.1. The number of fused-ring (bicyclic) bond motifs is 1. The molecule has 0 radical (unpaired) electrons. The Hall–Kier alpha value is -0.930. The molecule has 1 aromatic heterocycles. The Morgan fingerprint density at radius 3 is 3.00 bits per heavy atom. The van der Waals surface area contributed by atoms with Gasteiger partial charge in [-0.2, -0.15) is 0 Å². The van der Waals surface area contributed by atoms with Crippen molar-refractivity contribution in [2.45, 2.75) is 26.2 Å². The third-order valence-corrected chi connectivity index (χ3v) is 3.64. The van der Waals surface area contributed by atoms with E-state index in [1.54, 1.807) is 11.3 Å². The van der Waals surface area contributed by atoms with Crippen LogP contribution in [0.5, 0.6) is 0 Å². The van der Waals surface area contributed by atoms with Gasteiger partial charge in [0, 0.05) is 0 Å². The van der Waals surface area contributed by atoms with Crippen molar-refractivity contribution < 1.29 is 0 Å². The third-order valence-electron chi connectivity index (χ3n) is 2.70. The second kappa shape index (κ2) is 5.41. The Labute approximate surface area is 101 Å². The Balaban J connectivity index is 2.02. The fourth-order valence-corrected chi connectivity index (χ4v) is 2.76. The minimum absolute atomic E-state index is 1.11. The van der Waals surface area contributed by atoms with Gasteiger partial charge in [-0.15, -0.1) is 11.3 Å². The molecule has 3 heteroatoms. The van der Waals surface area contributed by atoms with Gasteiger partial charge in [0.1, 0.15) is 0 Å². The van der Waals surface area contributed by atoms with E-state index in [9.17, 15) is 0 Å². The summed E-state index contributed by atoms with van der Waals surface area (Å²) in [6.07, 6.45) is 3.68. The van der Waals surface area contributed by atoms with E-state index in [0.29, 0.717) is 0 Å². The predicted octanol–water partition coefficient (Wildman–Crippen LogP) is 3.15. The number of hydrogen-bond donors (Lipinski definition) is 1. The van der Waals surface area contributed by atoms with Crippen LogP contribution in [0.25, 0.3) is 10.2 Å². The second-order valence-electron chi connectivity index (χ2n) is 4.10. The first-order valence-corrected chi connectivity index (χ1v) is 6.62. The molecule has 1 N–H and O–H groups in total. The fraction of sp³-hybridized carbons (Fsp3) is 0.462. The maximum atomic E-state index is 4.47. The number of aromatic nitrogens is 1. The molecule has 2 aromatic rings. The summed E-state index contributed by atoms with van der Waals surface area (Å²) in [5.74, 6) is 0. The minimum atomic E-state index is 1.11. The van der Waals surface area contributed by atoms with E-state index in [1.807, 2.05) is 7.05 Å². The monoisotopic (exact) mass is 234 g/mol. The van der Waals surface area contributed by atoms with Crippen LogP contribution in [0.2, 0.25) is 0 Å². The maximum Gasteiger partial charge on any atom is 0.0907 e. The molecule has 0 saturated carbocycles. The Bertz CT molecular complexity index is 462. The summed E-state index contributed by atoms with van der Waals surface area (Å²) < 4.78 is 1.32. The first-order valence-electron chi connectivity index (χ1n) is 5.80. The minimum Gasteiger partial charge on any atom is -0.320 e. The van der Waals surface area contributed by atoms with Crippen LogP contribution >= 0.6 is 11.3 Å². The van der Waals surface area contributed by atoms with Crippen molar-refractivity contribution in [1.82, 2.24) is 10.3 Å². The van der Waals surface area contributed by atoms with Crippen molar-refractivity contribution in [3.63, 3.8) is 0 Å². The van der Waals surface area contributed by atoms with Crippen molar-refractivity contribution in [3.8, 4) is 0 Å². The maximum absolute atomic E-state index is 4.47. The molecule has 0 unspecified atom stereocenters. The van der Waals surface area contributed by atoms with Crippen molar-refractivity contribution in [1.29, 1.82) is 0 Å². The summed E-state index contributed by atoms with van der Waals surface area (Å²) in [4.78, 5) is 4.47. The smallest absolute Gasteiger partial charge is 0.0907 e. The molecule has 0 aliphatic heterocycles. The summed E-state index contributed by atoms with van der Waals surface area (Å²) in [5, 5.41) is 4.33. The fourth-order valence-electron chi connectivity index (χ4n) is 1.87. The van der Waals surface area contributed by atoms with Gasteiger partial charge in [-0.05, 0) is 57.5 Å². The van der Waals surface area contributed by atoms with Crippen LogP contribution in [0.1, 0.15) is 23.4 Å². The molecule has 0 fully saturated rings. The molecule has 0 spiro atoms. The van der Waals surface area contributed by atoms with Crippen LogP contribution in [0, 0.1) is 6.92 Å². The van der Waals surface area contributed by atoms with Crippen molar-refractivity contribution >= 4 is 21.6 Å². The number of hydrogen-bond acceptors (Lipinski definition) is 3. The van der Waals surface area contributed by atoms with E-state index >= 15 is 0 Å². The van der Waals surface area contributed by atoms with E-state index < -0.39 is 0 Å². The molecule has 1 aromatic carbocycles. The van der Waals surface area contributed by atoms with Crippen molar-refractivity contribution in [2.75, 3.05) is 13.6 Å². The number of rotatable bonds is 5. The summed E-state index contributed by atoms with van der Waals surface area (Å²) in [6, 6.07) is 6.65. The lowest BCUT2D eigenvalue weighted by Gasteiger charge is -2.01. The molecule has 16 heavy (non-hydrogen) atoms. The highest BCUT2D eigenvalue weighted by Crippen LogP contribution is 2.23. The SMILES string of the molecule is CNCCCCc1ccc2nc(C)sc2c1. The summed E-state index contributed by atoms with van der Waals surface area (Å²) in [5.41, 5.74) is 2.58. The largest absolute Gasteiger partial charge is 0.320 e. The Morgan fingerprint density at radius 2 is 2.19 bits per heavy atom. The Kier molecular flexibility index (Phi) is 3.91. The van der Waals surface area contributed by atoms with E-state index in [-0.39, 0.29) is 0 Å². The van der Waals surface area contributed by atoms with E-state index in [1.165, 1.54) is 29.5 Å². The molecule has 0 aliphatic carbocycles. The lowest BCUT2D eigenvalue weighted by atomic mass is 10.1. The standard InChI is InChI=1S/C13H18N2S/c1-10-15-12-7-6-11(9-13(12)16-10)5-3-4-8-14-2/h6-7,9,14H,3-5,8H2,1-2H3. The zero-order chi connectivity index (χ0) is 11.4. The van der Waals surface area contributed by atoms with Gasteiger partial charge in [-0.1, -0.05) is 6.07 Å². The topological polar surface area (TPSA) is 24.9 Å². The summed E-state index contributed by atoms with van der Waals surface area (Å²) >= 11 is 1.79. The quantitative estimate of drug-likeness (QED) is 0.804. The Morgan fingerprint density at radius 1 is 1.31 bits per heavy atom. The molecular formula is C13H18N2S. The van der Waals surface area contributed by atoms with Gasteiger partial charge in [0.15, 0.2) is 0 Å². The van der Waals surface area contributed by atoms with Gasteiger partial charge < -0.3 is 5.32 Å². The van der Waals surface area contributed by atoms with Crippen molar-refractivity contribution in [3.05, 3.63) is 28.8 Å². The highest BCUT2D eigenvalue weighted by Gasteiger charge is 2.01. The third kappa shape index (κ3) is 2.80. The molecule has 0 saturated heterocycles. The number of unbranched alkanes of at least 4 members (excludes halogenated alkanes) is 1. The zero-order valence-corrected chi connectivity index (χ0v) is 10.7. The number of nitrogens with zero attached hydrogens (tertiary/aromatic N) is 1. The van der Waals surface area contributed by atoms with Gasteiger partial charge in [0.25, 0.3) is 0 Å². The second-order valence-corrected chi connectivity index (χ2v) is 5.33. The van der Waals surface area contributed by atoms with Crippen molar-refractivity contribution in [2.24, 2.45) is 0 Å². The van der Waals surface area contributed by atoms with E-state index in [4.69, 9.17) is 0 Å². The summed E-state index contributed by atoms with van der Waals surface area (Å²) in [6.45, 7) is 3.18. The van der Waals surface area contributed by atoms with Gasteiger partial charge in [0.05, 0.1) is 15.2 Å². The van der Waals surface area contributed by atoms with Crippen LogP contribution < -0.4 is 5.32 Å². The molecular weight excluding hydrogens is 216 g/mol. The average Bonchev–Trinajstić information content (AvgIpc) is 2.64. The van der Waals surface area contributed by atoms with Crippen LogP contribution in [0.4, 0.5) is 0 Å². The average molecular weight is 234 g/mol. The van der Waals surface area contributed by atoms with E-state index in [0.717, 1.165) is 17.1 Å². The van der Waals surface area contributed by atoms with Gasteiger partial charge in [-0.25, -0.2) is 4.98 Å². The van der Waals surface area contributed by atoms with Gasteiger partial charge in [0.2, 0.25) is 0 Å². The molecule has 2 rings (SSSR count). The first-order chi connectivity index (χ1) is 7.79. The van der Waals surface area contributed by atoms with Gasteiger partial charge in [-0.3, -0.25) is 0 Å². The van der Waals surface area contributed by atoms with Gasteiger partial charge >= 0.3 is 0 Å². The molecule has 2 nitrogen and oxygen atoms in total. The van der Waals surface area contributed by atoms with E-state index in [2.05, 4.69) is 35.4 Å². The molecule has 1 heterocycles. The highest BCUT2D eigenvalue weighted by molar-refractivity contribution is 7.18. The normalized spacial score (nSPS) is 11.1. The molecule has 0 atom stereocenters. The number of nitrogens with one attached hydrogen (secondary N) is 1. The first kappa shape index (κ1) is 11.6. The molecule has 0 amide bonds. The van der Waals surface area contributed by atoms with Crippen LogP contribution in [-0.4, -0.2) is 18.6 Å². The van der Waals surface area contributed by atoms with Crippen LogP contribution in [0.3, 0.4) is 0 Å². The number of thiazole rings is 1. The predicted molar refractivity (Wildman–Crippen MR) is 71.2 cm³/mol. The zero-order valence-electron chi connectivity index (χ0n) is 9.92. The number of benzene rings is 1. The molecule has 0 aliphatic rings. The lowest BCUT2D eigenvalue weighted by Crippen LogP contribution is -2.07. The summed E-state index contributed by atoms with van der Waals surface area (Å²) in [7, 11) is 2.01. The lowest BCUT2D eigenvalue weighted by molar-refractivity contribution is 0.677. The van der Waals surface area contributed by atoms with Crippen LogP contribution in [-0.2, 0) is 6.42 Å². The molecule has 0 bridgehead atoms. The molecule has 86 valence electrons. The number of aryl methyl sites for hydroxylation is 2.